The number of hydrogen-bond donors (Lipinski definition) is 1. The van der Waals surface area contributed by atoms with E-state index in [1.165, 1.54) is 13.2 Å². The lowest BCUT2D eigenvalue weighted by Gasteiger charge is -2.09. The first-order chi connectivity index (χ1) is 12.4. The number of carbonyl (C=O) groups excluding carboxylic acids is 1. The molecule has 0 aliphatic rings. The van der Waals surface area contributed by atoms with Crippen LogP contribution in [0, 0.1) is 29.1 Å². The number of benzene rings is 2. The van der Waals surface area contributed by atoms with Gasteiger partial charge in [-0.25, -0.2) is 27.4 Å². The highest BCUT2D eigenvalue weighted by atomic mass is 19.2. The van der Waals surface area contributed by atoms with Gasteiger partial charge in [0.15, 0.2) is 41.4 Å². The smallest absolute Gasteiger partial charge is 0.277 e. The van der Waals surface area contributed by atoms with Crippen molar-refractivity contribution in [2.24, 2.45) is 5.10 Å². The number of halogens is 5. The number of rotatable bonds is 6. The molecule has 2 aromatic rings. The van der Waals surface area contributed by atoms with Crippen LogP contribution < -0.4 is 14.9 Å². The van der Waals surface area contributed by atoms with E-state index in [9.17, 15) is 26.7 Å². The van der Waals surface area contributed by atoms with Crippen LogP contribution >= 0.6 is 0 Å². The minimum atomic E-state index is -2.29. The summed E-state index contributed by atoms with van der Waals surface area (Å²) in [5.41, 5.74) is 0.555. The maximum atomic E-state index is 13.4. The first-order valence-electron chi connectivity index (χ1n) is 6.96. The lowest BCUT2D eigenvalue weighted by Crippen LogP contribution is -2.25. The Bertz CT molecular complexity index is 829. The summed E-state index contributed by atoms with van der Waals surface area (Å²) in [6.07, 6.45) is 0.303. The number of nitrogens with zero attached hydrogens (tertiary/aromatic N) is 1. The summed E-state index contributed by atoms with van der Waals surface area (Å²) in [5.74, 6) is -10.9. The Balaban J connectivity index is 2.02. The third kappa shape index (κ3) is 4.08. The van der Waals surface area contributed by atoms with Crippen LogP contribution in [0.3, 0.4) is 0 Å². The third-order valence-electron chi connectivity index (χ3n) is 3.05. The molecule has 0 unspecified atom stereocenters. The quantitative estimate of drug-likeness (QED) is 0.278. The molecular formula is C16H11F5N2O3. The molecular weight excluding hydrogens is 363 g/mol. The normalized spacial score (nSPS) is 10.8. The van der Waals surface area contributed by atoms with Crippen molar-refractivity contribution in [1.82, 2.24) is 5.43 Å². The van der Waals surface area contributed by atoms with Crippen LogP contribution in [0.5, 0.6) is 11.5 Å². The van der Waals surface area contributed by atoms with E-state index >= 15 is 0 Å². The van der Waals surface area contributed by atoms with Crippen molar-refractivity contribution < 1.29 is 36.2 Å². The molecule has 5 nitrogen and oxygen atoms in total. The van der Waals surface area contributed by atoms with Crippen molar-refractivity contribution in [2.75, 3.05) is 13.7 Å². The summed E-state index contributed by atoms with van der Waals surface area (Å²) in [4.78, 5) is 11.6. The van der Waals surface area contributed by atoms with E-state index in [4.69, 9.17) is 9.47 Å². The highest BCUT2D eigenvalue weighted by Crippen LogP contribution is 2.25. The zero-order valence-corrected chi connectivity index (χ0v) is 13.2. The van der Waals surface area contributed by atoms with Crippen LogP contribution in [0.1, 0.15) is 5.56 Å². The molecule has 1 N–H and O–H groups in total. The van der Waals surface area contributed by atoms with Gasteiger partial charge in [-0.05, 0) is 12.1 Å². The summed E-state index contributed by atoms with van der Waals surface area (Å²) in [6, 6.07) is 6.44. The average molecular weight is 374 g/mol. The van der Waals surface area contributed by atoms with Crippen LogP contribution in [-0.4, -0.2) is 25.8 Å². The molecule has 0 heterocycles. The maximum Gasteiger partial charge on any atom is 0.277 e. The molecule has 0 aliphatic carbocycles. The van der Waals surface area contributed by atoms with Gasteiger partial charge in [-0.3, -0.25) is 4.79 Å². The monoisotopic (exact) mass is 374 g/mol. The van der Waals surface area contributed by atoms with Crippen LogP contribution in [0.2, 0.25) is 0 Å². The second-order valence-corrected chi connectivity index (χ2v) is 4.72. The minimum Gasteiger partial charge on any atom is -0.493 e. The Morgan fingerprint density at radius 1 is 1.00 bits per heavy atom. The summed E-state index contributed by atoms with van der Waals surface area (Å²) in [6.45, 7) is -0.533. The first-order valence-corrected chi connectivity index (χ1v) is 6.96. The van der Waals surface area contributed by atoms with Gasteiger partial charge in [0.2, 0.25) is 5.82 Å². The molecule has 0 saturated carbocycles. The van der Waals surface area contributed by atoms with Gasteiger partial charge in [0.25, 0.3) is 5.91 Å². The van der Waals surface area contributed by atoms with Crippen molar-refractivity contribution in [3.63, 3.8) is 0 Å². The molecule has 0 bridgehead atoms. The summed E-state index contributed by atoms with van der Waals surface area (Å²) in [5, 5.41) is 3.16. The van der Waals surface area contributed by atoms with E-state index in [1.54, 1.807) is 18.2 Å². The van der Waals surface area contributed by atoms with Gasteiger partial charge in [0.05, 0.1) is 18.9 Å². The molecule has 0 aliphatic heterocycles. The summed E-state index contributed by atoms with van der Waals surface area (Å²) < 4.78 is 76.0. The molecule has 0 saturated heterocycles. The topological polar surface area (TPSA) is 59.9 Å². The number of para-hydroxylation sites is 2. The van der Waals surface area contributed by atoms with Crippen LogP contribution in [-0.2, 0) is 4.79 Å². The number of ether oxygens (including phenoxy) is 2. The first kappa shape index (κ1) is 19.2. The Morgan fingerprint density at radius 2 is 1.54 bits per heavy atom. The Morgan fingerprint density at radius 3 is 2.12 bits per heavy atom. The van der Waals surface area contributed by atoms with Crippen LogP contribution in [0.25, 0.3) is 0 Å². The molecule has 0 fully saturated rings. The average Bonchev–Trinajstić information content (AvgIpc) is 2.66. The van der Waals surface area contributed by atoms with Crippen molar-refractivity contribution in [3.05, 3.63) is 58.9 Å². The molecule has 0 atom stereocenters. The fourth-order valence-corrected chi connectivity index (χ4v) is 1.82. The molecule has 0 spiro atoms. The zero-order valence-electron chi connectivity index (χ0n) is 13.2. The Labute approximate surface area is 144 Å². The van der Waals surface area contributed by atoms with Gasteiger partial charge >= 0.3 is 0 Å². The molecule has 1 amide bonds. The van der Waals surface area contributed by atoms with E-state index in [-0.39, 0.29) is 5.75 Å². The summed E-state index contributed by atoms with van der Waals surface area (Å²) >= 11 is 0. The lowest BCUT2D eigenvalue weighted by molar-refractivity contribution is -0.123. The summed E-state index contributed by atoms with van der Waals surface area (Å²) in [7, 11) is 1.40. The van der Waals surface area contributed by atoms with E-state index in [1.807, 2.05) is 5.43 Å². The highest BCUT2D eigenvalue weighted by molar-refractivity contribution is 5.83. The molecule has 10 heteroatoms. The van der Waals surface area contributed by atoms with Crippen molar-refractivity contribution in [3.8, 4) is 11.5 Å². The molecule has 2 aromatic carbocycles. The van der Waals surface area contributed by atoms with E-state index in [2.05, 4.69) is 5.10 Å². The molecule has 26 heavy (non-hydrogen) atoms. The minimum absolute atomic E-state index is 0.258. The predicted octanol–water partition coefficient (Wildman–Crippen LogP) is 2.92. The van der Waals surface area contributed by atoms with Crippen molar-refractivity contribution in [1.29, 1.82) is 0 Å². The van der Waals surface area contributed by atoms with E-state index < -0.39 is 47.2 Å². The molecule has 0 radical (unpaired) electrons. The SMILES string of the molecule is COc1ccccc1OCC(=O)N/N=C\c1c(F)c(F)c(F)c(F)c1F. The fourth-order valence-electron chi connectivity index (χ4n) is 1.82. The van der Waals surface area contributed by atoms with E-state index in [0.29, 0.717) is 12.0 Å². The van der Waals surface area contributed by atoms with Crippen molar-refractivity contribution >= 4 is 12.1 Å². The molecule has 138 valence electrons. The van der Waals surface area contributed by atoms with Crippen LogP contribution in [0.15, 0.2) is 29.4 Å². The molecule has 0 aromatic heterocycles. The van der Waals surface area contributed by atoms with Gasteiger partial charge in [-0.1, -0.05) is 12.1 Å². The van der Waals surface area contributed by atoms with Crippen LogP contribution in [0.4, 0.5) is 22.0 Å². The fraction of sp³-hybridized carbons (Fsp3) is 0.125. The number of nitrogens with one attached hydrogen (secondary N) is 1. The maximum absolute atomic E-state index is 13.4. The van der Waals surface area contributed by atoms with Gasteiger partial charge in [0, 0.05) is 0 Å². The van der Waals surface area contributed by atoms with Gasteiger partial charge in [-0.2, -0.15) is 5.10 Å². The van der Waals surface area contributed by atoms with E-state index in [0.717, 1.165) is 0 Å². The largest absolute Gasteiger partial charge is 0.493 e. The van der Waals surface area contributed by atoms with Gasteiger partial charge in [-0.15, -0.1) is 0 Å². The van der Waals surface area contributed by atoms with Gasteiger partial charge in [0.1, 0.15) is 0 Å². The highest BCUT2D eigenvalue weighted by Gasteiger charge is 2.24. The second-order valence-electron chi connectivity index (χ2n) is 4.72. The number of amides is 1. The second kappa shape index (κ2) is 8.28. The Hall–Kier alpha value is -3.17. The lowest BCUT2D eigenvalue weighted by atomic mass is 10.2. The molecule has 2 rings (SSSR count). The number of hydrazone groups is 1. The number of hydrogen-bond acceptors (Lipinski definition) is 4. The number of carbonyl (C=O) groups is 1. The predicted molar refractivity (Wildman–Crippen MR) is 80.5 cm³/mol. The standard InChI is InChI=1S/C16H11F5N2O3/c1-25-9-4-2-3-5-10(9)26-7-11(24)23-22-6-8-12(17)14(19)16(21)15(20)13(8)18/h2-6H,7H2,1H3,(H,23,24)/b22-6-. The third-order valence-corrected chi connectivity index (χ3v) is 3.05. The van der Waals surface area contributed by atoms with Gasteiger partial charge < -0.3 is 9.47 Å². The van der Waals surface area contributed by atoms with Crippen molar-refractivity contribution in [2.45, 2.75) is 0 Å². The number of methoxy groups -OCH3 is 1. The zero-order chi connectivity index (χ0) is 19.3. The Kier molecular flexibility index (Phi) is 6.10.